The summed E-state index contributed by atoms with van der Waals surface area (Å²) in [6.45, 7) is 0. The first-order chi connectivity index (χ1) is 7.83. The highest BCUT2D eigenvalue weighted by molar-refractivity contribution is 5.39. The van der Waals surface area contributed by atoms with Crippen molar-refractivity contribution in [3.63, 3.8) is 0 Å². The van der Waals surface area contributed by atoms with Crippen LogP contribution >= 0.6 is 0 Å². The van der Waals surface area contributed by atoms with Crippen LogP contribution in [0.4, 0.5) is 5.82 Å². The lowest BCUT2D eigenvalue weighted by Crippen LogP contribution is -2.27. The lowest BCUT2D eigenvalue weighted by Gasteiger charge is -2.27. The van der Waals surface area contributed by atoms with Gasteiger partial charge >= 0.3 is 0 Å². The van der Waals surface area contributed by atoms with E-state index in [1.54, 1.807) is 0 Å². The molecule has 0 radical (unpaired) electrons. The molecular weight excluding hydrogens is 198 g/mol. The fourth-order valence-electron chi connectivity index (χ4n) is 2.81. The van der Waals surface area contributed by atoms with Crippen molar-refractivity contribution in [2.75, 3.05) is 5.32 Å². The van der Waals surface area contributed by atoms with Crippen LogP contribution in [0.5, 0.6) is 0 Å². The van der Waals surface area contributed by atoms with Crippen LogP contribution < -0.4 is 5.32 Å². The maximum atomic E-state index is 4.66. The van der Waals surface area contributed by atoms with Crippen LogP contribution in [0.1, 0.15) is 56.6 Å². The van der Waals surface area contributed by atoms with Crippen molar-refractivity contribution in [3.05, 3.63) is 11.8 Å². The SMILES string of the molecule is Cn1nc(C2CCCC2)cc1NC1CCC1. The second-order valence-corrected chi connectivity index (χ2v) is 5.33. The number of hydrogen-bond donors (Lipinski definition) is 1. The highest BCUT2D eigenvalue weighted by Crippen LogP contribution is 2.34. The minimum atomic E-state index is 0.701. The van der Waals surface area contributed by atoms with Crippen molar-refractivity contribution < 1.29 is 0 Å². The van der Waals surface area contributed by atoms with Gasteiger partial charge in [-0.2, -0.15) is 5.10 Å². The molecule has 0 bridgehead atoms. The molecule has 0 spiro atoms. The molecule has 3 heteroatoms. The summed E-state index contributed by atoms with van der Waals surface area (Å²) < 4.78 is 2.02. The topological polar surface area (TPSA) is 29.9 Å². The summed E-state index contributed by atoms with van der Waals surface area (Å²) in [6, 6.07) is 2.97. The van der Waals surface area contributed by atoms with E-state index in [9.17, 15) is 0 Å². The van der Waals surface area contributed by atoms with E-state index in [0.29, 0.717) is 6.04 Å². The van der Waals surface area contributed by atoms with E-state index in [0.717, 1.165) is 5.92 Å². The third kappa shape index (κ3) is 1.83. The fraction of sp³-hybridized carbons (Fsp3) is 0.769. The first-order valence-electron chi connectivity index (χ1n) is 6.63. The molecule has 0 aromatic carbocycles. The molecule has 88 valence electrons. The van der Waals surface area contributed by atoms with Crippen LogP contribution in [0.2, 0.25) is 0 Å². The zero-order chi connectivity index (χ0) is 11.0. The summed E-state index contributed by atoms with van der Waals surface area (Å²) >= 11 is 0. The molecule has 2 fully saturated rings. The molecule has 1 aromatic rings. The fourth-order valence-corrected chi connectivity index (χ4v) is 2.81. The van der Waals surface area contributed by atoms with Gasteiger partial charge in [0, 0.05) is 25.1 Å². The average molecular weight is 219 g/mol. The van der Waals surface area contributed by atoms with E-state index in [4.69, 9.17) is 0 Å². The van der Waals surface area contributed by atoms with Crippen molar-refractivity contribution >= 4 is 5.82 Å². The Hall–Kier alpha value is -0.990. The van der Waals surface area contributed by atoms with Gasteiger partial charge in [-0.3, -0.25) is 4.68 Å². The molecule has 2 saturated carbocycles. The van der Waals surface area contributed by atoms with Crippen molar-refractivity contribution in [1.29, 1.82) is 0 Å². The van der Waals surface area contributed by atoms with E-state index in [1.165, 1.54) is 56.5 Å². The molecule has 0 amide bonds. The lowest BCUT2D eigenvalue weighted by atomic mass is 9.93. The van der Waals surface area contributed by atoms with Crippen LogP contribution in [-0.4, -0.2) is 15.8 Å². The van der Waals surface area contributed by atoms with Gasteiger partial charge in [-0.05, 0) is 32.1 Å². The minimum absolute atomic E-state index is 0.701. The number of aromatic nitrogens is 2. The summed E-state index contributed by atoms with van der Waals surface area (Å²) in [5, 5.41) is 8.25. The molecule has 1 aromatic heterocycles. The Labute approximate surface area is 97.2 Å². The normalized spacial score (nSPS) is 22.3. The minimum Gasteiger partial charge on any atom is -0.368 e. The molecule has 0 unspecified atom stereocenters. The van der Waals surface area contributed by atoms with Crippen LogP contribution in [0.15, 0.2) is 6.07 Å². The lowest BCUT2D eigenvalue weighted by molar-refractivity contribution is 0.442. The second kappa shape index (κ2) is 4.11. The van der Waals surface area contributed by atoms with Crippen LogP contribution in [0.25, 0.3) is 0 Å². The standard InChI is InChI=1S/C13H21N3/c1-16-13(14-11-7-4-8-11)9-12(15-16)10-5-2-3-6-10/h9-11,14H,2-8H2,1H3. The number of rotatable bonds is 3. The number of anilines is 1. The van der Waals surface area contributed by atoms with Gasteiger partial charge in [-0.25, -0.2) is 0 Å². The summed E-state index contributed by atoms with van der Waals surface area (Å²) in [6.07, 6.45) is 9.46. The predicted octanol–water partition coefficient (Wildman–Crippen LogP) is 3.04. The average Bonchev–Trinajstić information content (AvgIpc) is 2.80. The molecule has 2 aliphatic carbocycles. The monoisotopic (exact) mass is 219 g/mol. The van der Waals surface area contributed by atoms with E-state index >= 15 is 0 Å². The third-order valence-corrected chi connectivity index (χ3v) is 4.13. The maximum Gasteiger partial charge on any atom is 0.124 e. The van der Waals surface area contributed by atoms with Gasteiger partial charge in [0.25, 0.3) is 0 Å². The van der Waals surface area contributed by atoms with Gasteiger partial charge in [-0.15, -0.1) is 0 Å². The molecule has 0 aliphatic heterocycles. The van der Waals surface area contributed by atoms with Crippen molar-refractivity contribution in [2.24, 2.45) is 7.05 Å². The van der Waals surface area contributed by atoms with E-state index in [-0.39, 0.29) is 0 Å². The molecule has 0 saturated heterocycles. The molecule has 3 nitrogen and oxygen atoms in total. The quantitative estimate of drug-likeness (QED) is 0.846. The molecule has 2 aliphatic rings. The van der Waals surface area contributed by atoms with Crippen LogP contribution in [0, 0.1) is 0 Å². The third-order valence-electron chi connectivity index (χ3n) is 4.13. The Kier molecular flexibility index (Phi) is 2.62. The molecular formula is C13H21N3. The van der Waals surface area contributed by atoms with Gasteiger partial charge < -0.3 is 5.32 Å². The molecule has 1 N–H and O–H groups in total. The summed E-state index contributed by atoms with van der Waals surface area (Å²) in [7, 11) is 2.06. The predicted molar refractivity (Wildman–Crippen MR) is 65.7 cm³/mol. The Bertz CT molecular complexity index is 359. The van der Waals surface area contributed by atoms with Crippen LogP contribution in [-0.2, 0) is 7.05 Å². The van der Waals surface area contributed by atoms with E-state index in [2.05, 4.69) is 23.5 Å². The number of nitrogens with zero attached hydrogens (tertiary/aromatic N) is 2. The van der Waals surface area contributed by atoms with Crippen LogP contribution in [0.3, 0.4) is 0 Å². The molecule has 1 heterocycles. The molecule has 16 heavy (non-hydrogen) atoms. The second-order valence-electron chi connectivity index (χ2n) is 5.33. The Morgan fingerprint density at radius 3 is 2.56 bits per heavy atom. The Morgan fingerprint density at radius 1 is 1.19 bits per heavy atom. The van der Waals surface area contributed by atoms with Gasteiger partial charge in [0.2, 0.25) is 0 Å². The van der Waals surface area contributed by atoms with Crippen molar-refractivity contribution in [3.8, 4) is 0 Å². The first kappa shape index (κ1) is 10.2. The zero-order valence-electron chi connectivity index (χ0n) is 10.1. The maximum absolute atomic E-state index is 4.66. The zero-order valence-corrected chi connectivity index (χ0v) is 10.1. The van der Waals surface area contributed by atoms with Gasteiger partial charge in [-0.1, -0.05) is 12.8 Å². The Morgan fingerprint density at radius 2 is 1.94 bits per heavy atom. The summed E-state index contributed by atoms with van der Waals surface area (Å²) in [4.78, 5) is 0. The van der Waals surface area contributed by atoms with Crippen molar-refractivity contribution in [1.82, 2.24) is 9.78 Å². The van der Waals surface area contributed by atoms with E-state index < -0.39 is 0 Å². The summed E-state index contributed by atoms with van der Waals surface area (Å²) in [5.41, 5.74) is 1.31. The number of aryl methyl sites for hydroxylation is 1. The van der Waals surface area contributed by atoms with Gasteiger partial charge in [0.05, 0.1) is 5.69 Å². The van der Waals surface area contributed by atoms with Gasteiger partial charge in [0.1, 0.15) is 5.82 Å². The molecule has 0 atom stereocenters. The smallest absolute Gasteiger partial charge is 0.124 e. The first-order valence-corrected chi connectivity index (χ1v) is 6.63. The van der Waals surface area contributed by atoms with Gasteiger partial charge in [0.15, 0.2) is 0 Å². The number of nitrogens with one attached hydrogen (secondary N) is 1. The Balaban J connectivity index is 1.72. The van der Waals surface area contributed by atoms with E-state index in [1.807, 2.05) is 4.68 Å². The van der Waals surface area contributed by atoms with Crippen molar-refractivity contribution in [2.45, 2.75) is 56.9 Å². The highest BCUT2D eigenvalue weighted by Gasteiger charge is 2.22. The largest absolute Gasteiger partial charge is 0.368 e. The summed E-state index contributed by atoms with van der Waals surface area (Å²) in [5.74, 6) is 1.94. The highest BCUT2D eigenvalue weighted by atomic mass is 15.3. The number of hydrogen-bond acceptors (Lipinski definition) is 2. The molecule has 3 rings (SSSR count).